The molecule has 0 heterocycles. The van der Waals surface area contributed by atoms with E-state index in [1.54, 1.807) is 0 Å². The van der Waals surface area contributed by atoms with Crippen LogP contribution in [0.3, 0.4) is 0 Å². The lowest BCUT2D eigenvalue weighted by Gasteiger charge is -2.17. The monoisotopic (exact) mass is 186 g/mol. The van der Waals surface area contributed by atoms with Crippen molar-refractivity contribution < 1.29 is 17.2 Å². The van der Waals surface area contributed by atoms with Gasteiger partial charge < -0.3 is 4.55 Å². The van der Waals surface area contributed by atoms with Gasteiger partial charge in [-0.2, -0.15) is 0 Å². The van der Waals surface area contributed by atoms with Gasteiger partial charge in [-0.25, -0.2) is 8.42 Å². The summed E-state index contributed by atoms with van der Waals surface area (Å²) < 4.78 is 41.7. The largest absolute Gasteiger partial charge is 0.759 e. The van der Waals surface area contributed by atoms with Crippen LogP contribution in [0.2, 0.25) is 0 Å². The van der Waals surface area contributed by atoms with Crippen LogP contribution < -0.4 is 0 Å². The van der Waals surface area contributed by atoms with E-state index in [4.69, 9.17) is 0 Å². The van der Waals surface area contributed by atoms with Crippen LogP contribution >= 0.6 is 0 Å². The molecule has 0 spiro atoms. The van der Waals surface area contributed by atoms with Gasteiger partial charge in [-0.1, -0.05) is 0 Å². The van der Waals surface area contributed by atoms with Crippen LogP contribution in [-0.2, 0) is 21.3 Å². The fourth-order valence-corrected chi connectivity index (χ4v) is 1.70. The molecule has 0 saturated heterocycles. The zero-order valence-corrected chi connectivity index (χ0v) is 7.24. The van der Waals surface area contributed by atoms with E-state index in [-0.39, 0.29) is 5.75 Å². The molecule has 1 unspecified atom stereocenters. The fourth-order valence-electron chi connectivity index (χ4n) is 0.275. The van der Waals surface area contributed by atoms with Crippen LogP contribution in [0.5, 0.6) is 0 Å². The van der Waals surface area contributed by atoms with Gasteiger partial charge in [0.15, 0.2) is 0 Å². The first-order valence-corrected chi connectivity index (χ1v) is 5.12. The molecule has 0 amide bonds. The third-order valence-corrected chi connectivity index (χ3v) is 3.95. The molecule has 7 heteroatoms. The standard InChI is InChI=1S/C3H9NO4S2/c1-3-10(7,8)4(2)9(5)6/h3H2,1-2H3,(H,5,6)/p-1. The molecule has 62 valence electrons. The van der Waals surface area contributed by atoms with E-state index in [0.29, 0.717) is 3.71 Å². The van der Waals surface area contributed by atoms with E-state index in [2.05, 4.69) is 0 Å². The van der Waals surface area contributed by atoms with Crippen molar-refractivity contribution in [2.24, 2.45) is 0 Å². The molecule has 0 fully saturated rings. The van der Waals surface area contributed by atoms with E-state index >= 15 is 0 Å². The maximum Gasteiger partial charge on any atom is 0.223 e. The zero-order chi connectivity index (χ0) is 8.36. The topological polar surface area (TPSA) is 77.5 Å². The normalized spacial score (nSPS) is 15.6. The van der Waals surface area contributed by atoms with E-state index in [0.717, 1.165) is 7.05 Å². The summed E-state index contributed by atoms with van der Waals surface area (Å²) in [5.74, 6) is -0.211. The van der Waals surface area contributed by atoms with Crippen molar-refractivity contribution in [1.29, 1.82) is 0 Å². The van der Waals surface area contributed by atoms with Crippen molar-refractivity contribution in [2.75, 3.05) is 12.8 Å². The third-order valence-electron chi connectivity index (χ3n) is 0.966. The maximum absolute atomic E-state index is 10.7. The number of nitrogens with zero attached hydrogens (tertiary/aromatic N) is 1. The number of hydrogen-bond donors (Lipinski definition) is 0. The Balaban J connectivity index is 4.51. The molecule has 0 aromatic heterocycles. The van der Waals surface area contributed by atoms with Crippen LogP contribution in [0.15, 0.2) is 0 Å². The van der Waals surface area contributed by atoms with E-state index in [1.807, 2.05) is 0 Å². The Kier molecular flexibility index (Phi) is 3.43. The Morgan fingerprint density at radius 2 is 2.00 bits per heavy atom. The molecule has 1 atom stereocenters. The summed E-state index contributed by atoms with van der Waals surface area (Å²) in [6.07, 6.45) is 0. The molecule has 5 nitrogen and oxygen atoms in total. The van der Waals surface area contributed by atoms with Crippen LogP contribution in [0.4, 0.5) is 0 Å². The van der Waals surface area contributed by atoms with Gasteiger partial charge in [0.25, 0.3) is 0 Å². The Hall–Kier alpha value is 0.0200. The van der Waals surface area contributed by atoms with Crippen molar-refractivity contribution >= 4 is 21.3 Å². The summed E-state index contributed by atoms with van der Waals surface area (Å²) >= 11 is -2.68. The lowest BCUT2D eigenvalue weighted by Crippen LogP contribution is -2.29. The molecule has 0 radical (unpaired) electrons. The minimum Gasteiger partial charge on any atom is -0.759 e. The highest BCUT2D eigenvalue weighted by Crippen LogP contribution is 1.98. The summed E-state index contributed by atoms with van der Waals surface area (Å²) in [7, 11) is -2.59. The quantitative estimate of drug-likeness (QED) is 0.533. The highest BCUT2D eigenvalue weighted by molar-refractivity contribution is 7.99. The Labute approximate surface area is 62.5 Å². The van der Waals surface area contributed by atoms with Crippen molar-refractivity contribution in [3.05, 3.63) is 0 Å². The molecule has 10 heavy (non-hydrogen) atoms. The molecule has 0 aromatic carbocycles. The number of hydrogen-bond acceptors (Lipinski definition) is 4. The van der Waals surface area contributed by atoms with Gasteiger partial charge >= 0.3 is 0 Å². The maximum atomic E-state index is 10.7. The van der Waals surface area contributed by atoms with Gasteiger partial charge in [0.1, 0.15) is 0 Å². The van der Waals surface area contributed by atoms with Gasteiger partial charge in [-0.05, 0) is 6.92 Å². The molecule has 0 aromatic rings. The summed E-state index contributed by atoms with van der Waals surface area (Å²) in [5, 5.41) is 0. The van der Waals surface area contributed by atoms with Crippen LogP contribution in [0, 0.1) is 0 Å². The third kappa shape index (κ3) is 2.33. The summed E-state index contributed by atoms with van der Waals surface area (Å²) in [4.78, 5) is 0. The highest BCUT2D eigenvalue weighted by atomic mass is 32.3. The molecule has 0 aliphatic rings. The van der Waals surface area contributed by atoms with Gasteiger partial charge in [0, 0.05) is 18.3 Å². The van der Waals surface area contributed by atoms with E-state index in [1.165, 1.54) is 6.92 Å². The summed E-state index contributed by atoms with van der Waals surface area (Å²) in [5.41, 5.74) is 0. The first-order valence-electron chi connectivity index (χ1n) is 2.47. The summed E-state index contributed by atoms with van der Waals surface area (Å²) in [6.45, 7) is 1.37. The van der Waals surface area contributed by atoms with Gasteiger partial charge in [-0.15, -0.1) is 3.71 Å². The number of sulfonamides is 1. The second-order valence-corrected chi connectivity index (χ2v) is 5.03. The SMILES string of the molecule is CCS(=O)(=O)N(C)S(=O)[O-]. The van der Waals surface area contributed by atoms with Gasteiger partial charge in [-0.3, -0.25) is 4.21 Å². The zero-order valence-electron chi connectivity index (χ0n) is 5.60. The van der Waals surface area contributed by atoms with Crippen LogP contribution in [0.1, 0.15) is 6.92 Å². The molecular formula is C3H8NO4S2-. The molecule has 0 rings (SSSR count). The van der Waals surface area contributed by atoms with Crippen molar-refractivity contribution in [3.63, 3.8) is 0 Å². The lowest BCUT2D eigenvalue weighted by atomic mass is 11.0. The van der Waals surface area contributed by atoms with Crippen molar-refractivity contribution in [1.82, 2.24) is 3.71 Å². The molecule has 0 aliphatic heterocycles. The van der Waals surface area contributed by atoms with Crippen LogP contribution in [-0.4, -0.2) is 33.7 Å². The fraction of sp³-hybridized carbons (Fsp3) is 1.00. The Bertz CT molecular complexity index is 221. The first kappa shape index (κ1) is 10.0. The van der Waals surface area contributed by atoms with Crippen LogP contribution in [0.25, 0.3) is 0 Å². The smallest absolute Gasteiger partial charge is 0.223 e. The first-order chi connectivity index (χ1) is 4.41. The lowest BCUT2D eigenvalue weighted by molar-refractivity contribution is 0.487. The van der Waals surface area contributed by atoms with Gasteiger partial charge in [0.05, 0.1) is 5.75 Å². The average Bonchev–Trinajstić information content (AvgIpc) is 1.86. The molecule has 0 bridgehead atoms. The molecule has 0 aliphatic carbocycles. The number of rotatable bonds is 3. The van der Waals surface area contributed by atoms with E-state index < -0.39 is 21.3 Å². The second-order valence-electron chi connectivity index (χ2n) is 1.53. The van der Waals surface area contributed by atoms with E-state index in [9.17, 15) is 17.2 Å². The Morgan fingerprint density at radius 1 is 1.60 bits per heavy atom. The molecule has 0 N–H and O–H groups in total. The molecular weight excluding hydrogens is 178 g/mol. The molecule has 0 saturated carbocycles. The predicted octanol–water partition coefficient (Wildman–Crippen LogP) is -0.938. The second kappa shape index (κ2) is 3.42. The van der Waals surface area contributed by atoms with Crippen molar-refractivity contribution in [2.45, 2.75) is 6.92 Å². The van der Waals surface area contributed by atoms with Crippen molar-refractivity contribution in [3.8, 4) is 0 Å². The average molecular weight is 186 g/mol. The minimum atomic E-state index is -3.58. The highest BCUT2D eigenvalue weighted by Gasteiger charge is 2.14. The van der Waals surface area contributed by atoms with Gasteiger partial charge in [0.2, 0.25) is 10.0 Å². The minimum absolute atomic E-state index is 0.211. The Morgan fingerprint density at radius 3 is 2.10 bits per heavy atom. The summed E-state index contributed by atoms with van der Waals surface area (Å²) in [6, 6.07) is 0. The predicted molar refractivity (Wildman–Crippen MR) is 36.1 cm³/mol.